The fourth-order valence-electron chi connectivity index (χ4n) is 3.60. The Morgan fingerprint density at radius 2 is 2.00 bits per heavy atom. The van der Waals surface area contributed by atoms with Crippen LogP contribution in [-0.2, 0) is 16.8 Å². The Morgan fingerprint density at radius 3 is 2.79 bits per heavy atom. The van der Waals surface area contributed by atoms with E-state index in [2.05, 4.69) is 36.1 Å². The third kappa shape index (κ3) is 2.56. The number of ether oxygens (including phenoxy) is 1. The minimum Gasteiger partial charge on any atom is -0.376 e. The van der Waals surface area contributed by atoms with E-state index in [0.717, 1.165) is 13.2 Å². The van der Waals surface area contributed by atoms with Crippen LogP contribution in [0.15, 0.2) is 24.3 Å². The van der Waals surface area contributed by atoms with Crippen molar-refractivity contribution in [2.45, 2.75) is 44.6 Å². The van der Waals surface area contributed by atoms with Crippen molar-refractivity contribution in [1.82, 2.24) is 4.90 Å². The van der Waals surface area contributed by atoms with Gasteiger partial charge in [0.15, 0.2) is 0 Å². The van der Waals surface area contributed by atoms with Crippen LogP contribution in [0.4, 0.5) is 0 Å². The van der Waals surface area contributed by atoms with Crippen molar-refractivity contribution >= 4 is 0 Å². The van der Waals surface area contributed by atoms with Gasteiger partial charge >= 0.3 is 0 Å². The van der Waals surface area contributed by atoms with E-state index in [-0.39, 0.29) is 0 Å². The van der Waals surface area contributed by atoms with Crippen LogP contribution in [0.2, 0.25) is 0 Å². The summed E-state index contributed by atoms with van der Waals surface area (Å²) in [6.45, 7) is 7.74. The van der Waals surface area contributed by atoms with Gasteiger partial charge < -0.3 is 9.64 Å². The van der Waals surface area contributed by atoms with Gasteiger partial charge in [0.25, 0.3) is 0 Å². The summed E-state index contributed by atoms with van der Waals surface area (Å²) in [6.07, 6.45) is 5.15. The Labute approximate surface area is 116 Å². The van der Waals surface area contributed by atoms with Crippen LogP contribution >= 0.6 is 0 Å². The lowest BCUT2D eigenvalue weighted by atomic mass is 9.70. The third-order valence-electron chi connectivity index (χ3n) is 4.87. The minimum atomic E-state index is 0.303. The van der Waals surface area contributed by atoms with Crippen LogP contribution in [0.25, 0.3) is 0 Å². The maximum atomic E-state index is 5.89. The molecule has 1 aromatic carbocycles. The van der Waals surface area contributed by atoms with Crippen molar-refractivity contribution in [2.75, 3.05) is 26.2 Å². The fourth-order valence-corrected chi connectivity index (χ4v) is 3.60. The van der Waals surface area contributed by atoms with Crippen molar-refractivity contribution < 1.29 is 4.74 Å². The normalized spacial score (nSPS) is 22.4. The molecule has 3 rings (SSSR count). The highest BCUT2D eigenvalue weighted by Crippen LogP contribution is 2.40. The number of nitrogens with zero attached hydrogens (tertiary/aromatic N) is 1. The predicted octanol–water partition coefficient (Wildman–Crippen LogP) is 3.35. The molecule has 0 radical (unpaired) electrons. The molecule has 2 heteroatoms. The Kier molecular flexibility index (Phi) is 3.90. The monoisotopic (exact) mass is 259 g/mol. The number of piperidine rings is 1. The second kappa shape index (κ2) is 5.64. The number of rotatable bonds is 3. The molecule has 0 unspecified atom stereocenters. The molecule has 2 heterocycles. The standard InChI is InChI=1S/C17H25NO/c1-2-3-10-18-11-8-17(9-12-18)14-19-13-15-6-4-5-7-16(15)17/h4-7H,2-3,8-14H2,1H3. The molecule has 2 aliphatic heterocycles. The van der Waals surface area contributed by atoms with Gasteiger partial charge in [0.1, 0.15) is 0 Å². The Hall–Kier alpha value is -0.860. The molecular formula is C17H25NO. The second-order valence-electron chi connectivity index (χ2n) is 6.13. The van der Waals surface area contributed by atoms with E-state index in [4.69, 9.17) is 4.74 Å². The van der Waals surface area contributed by atoms with Gasteiger partial charge in [-0.15, -0.1) is 0 Å². The van der Waals surface area contributed by atoms with Gasteiger partial charge in [-0.1, -0.05) is 37.6 Å². The molecule has 0 aliphatic carbocycles. The summed E-state index contributed by atoms with van der Waals surface area (Å²) < 4.78 is 5.89. The zero-order chi connectivity index (χ0) is 13.1. The Bertz CT molecular complexity index is 421. The summed E-state index contributed by atoms with van der Waals surface area (Å²) in [5.41, 5.74) is 3.28. The summed E-state index contributed by atoms with van der Waals surface area (Å²) in [6, 6.07) is 8.90. The van der Waals surface area contributed by atoms with Crippen molar-refractivity contribution in [2.24, 2.45) is 0 Å². The number of benzene rings is 1. The lowest BCUT2D eigenvalue weighted by molar-refractivity contribution is 0.0185. The SMILES string of the molecule is CCCCN1CCC2(CC1)COCc1ccccc12. The summed E-state index contributed by atoms with van der Waals surface area (Å²) in [5.74, 6) is 0. The molecule has 19 heavy (non-hydrogen) atoms. The van der Waals surface area contributed by atoms with E-state index in [0.29, 0.717) is 5.41 Å². The van der Waals surface area contributed by atoms with Gasteiger partial charge in [-0.3, -0.25) is 0 Å². The fraction of sp³-hybridized carbons (Fsp3) is 0.647. The molecule has 0 amide bonds. The number of fused-ring (bicyclic) bond motifs is 2. The van der Waals surface area contributed by atoms with E-state index in [1.807, 2.05) is 0 Å². The van der Waals surface area contributed by atoms with Crippen LogP contribution < -0.4 is 0 Å². The zero-order valence-corrected chi connectivity index (χ0v) is 12.0. The zero-order valence-electron chi connectivity index (χ0n) is 12.0. The number of hydrogen-bond acceptors (Lipinski definition) is 2. The molecule has 2 nitrogen and oxygen atoms in total. The number of unbranched alkanes of at least 4 members (excludes halogenated alkanes) is 1. The van der Waals surface area contributed by atoms with Gasteiger partial charge in [0.2, 0.25) is 0 Å². The van der Waals surface area contributed by atoms with Crippen LogP contribution in [0.1, 0.15) is 43.7 Å². The van der Waals surface area contributed by atoms with Crippen molar-refractivity contribution in [3.05, 3.63) is 35.4 Å². The second-order valence-corrected chi connectivity index (χ2v) is 6.13. The largest absolute Gasteiger partial charge is 0.376 e. The van der Waals surface area contributed by atoms with Crippen molar-refractivity contribution in [1.29, 1.82) is 0 Å². The van der Waals surface area contributed by atoms with E-state index in [1.54, 1.807) is 5.56 Å². The molecule has 0 bridgehead atoms. The van der Waals surface area contributed by atoms with Crippen molar-refractivity contribution in [3.8, 4) is 0 Å². The van der Waals surface area contributed by atoms with Crippen LogP contribution in [0.5, 0.6) is 0 Å². The Balaban J connectivity index is 1.73. The molecule has 0 saturated carbocycles. The summed E-state index contributed by atoms with van der Waals surface area (Å²) in [4.78, 5) is 2.63. The molecule has 1 saturated heterocycles. The molecule has 104 valence electrons. The molecule has 1 spiro atoms. The van der Waals surface area contributed by atoms with Crippen LogP contribution in [0, 0.1) is 0 Å². The van der Waals surface area contributed by atoms with Crippen molar-refractivity contribution in [3.63, 3.8) is 0 Å². The first-order chi connectivity index (χ1) is 9.34. The minimum absolute atomic E-state index is 0.303. The third-order valence-corrected chi connectivity index (χ3v) is 4.87. The first-order valence-electron chi connectivity index (χ1n) is 7.72. The van der Waals surface area contributed by atoms with Gasteiger partial charge in [-0.2, -0.15) is 0 Å². The molecule has 0 aromatic heterocycles. The molecule has 1 fully saturated rings. The molecule has 0 N–H and O–H groups in total. The highest BCUT2D eigenvalue weighted by atomic mass is 16.5. The maximum Gasteiger partial charge on any atom is 0.0720 e. The predicted molar refractivity (Wildman–Crippen MR) is 78.4 cm³/mol. The van der Waals surface area contributed by atoms with E-state index < -0.39 is 0 Å². The summed E-state index contributed by atoms with van der Waals surface area (Å²) in [7, 11) is 0. The average Bonchev–Trinajstić information content (AvgIpc) is 2.47. The van der Waals surface area contributed by atoms with Gasteiger partial charge in [0.05, 0.1) is 13.2 Å². The molecular weight excluding hydrogens is 234 g/mol. The van der Waals surface area contributed by atoms with Gasteiger partial charge in [0, 0.05) is 5.41 Å². The lowest BCUT2D eigenvalue weighted by Gasteiger charge is -2.45. The van der Waals surface area contributed by atoms with E-state index >= 15 is 0 Å². The first-order valence-corrected chi connectivity index (χ1v) is 7.72. The number of hydrogen-bond donors (Lipinski definition) is 0. The smallest absolute Gasteiger partial charge is 0.0720 e. The van der Waals surface area contributed by atoms with Gasteiger partial charge in [-0.25, -0.2) is 0 Å². The quantitative estimate of drug-likeness (QED) is 0.825. The average molecular weight is 259 g/mol. The van der Waals surface area contributed by atoms with E-state index in [1.165, 1.54) is 50.9 Å². The molecule has 0 atom stereocenters. The van der Waals surface area contributed by atoms with Crippen LogP contribution in [0.3, 0.4) is 0 Å². The highest BCUT2D eigenvalue weighted by molar-refractivity contribution is 5.36. The summed E-state index contributed by atoms with van der Waals surface area (Å²) >= 11 is 0. The van der Waals surface area contributed by atoms with Crippen LogP contribution in [-0.4, -0.2) is 31.1 Å². The maximum absolute atomic E-state index is 5.89. The number of likely N-dealkylation sites (tertiary alicyclic amines) is 1. The highest BCUT2D eigenvalue weighted by Gasteiger charge is 2.39. The lowest BCUT2D eigenvalue weighted by Crippen LogP contribution is -2.47. The van der Waals surface area contributed by atoms with Gasteiger partial charge in [-0.05, 0) is 50.0 Å². The first kappa shape index (κ1) is 13.1. The van der Waals surface area contributed by atoms with E-state index in [9.17, 15) is 0 Å². The summed E-state index contributed by atoms with van der Waals surface area (Å²) in [5, 5.41) is 0. The Morgan fingerprint density at radius 1 is 1.21 bits per heavy atom. The topological polar surface area (TPSA) is 12.5 Å². The molecule has 2 aliphatic rings. The molecule has 1 aromatic rings.